The Morgan fingerprint density at radius 1 is 1.19 bits per heavy atom. The highest BCUT2D eigenvalue weighted by Crippen LogP contribution is 2.50. The first-order valence-electron chi connectivity index (χ1n) is 9.54. The Morgan fingerprint density at radius 3 is 2.54 bits per heavy atom. The van der Waals surface area contributed by atoms with Gasteiger partial charge >= 0.3 is 0 Å². The van der Waals surface area contributed by atoms with E-state index < -0.39 is 0 Å². The van der Waals surface area contributed by atoms with Gasteiger partial charge in [-0.15, -0.1) is 0 Å². The van der Waals surface area contributed by atoms with Crippen LogP contribution in [0.3, 0.4) is 0 Å². The predicted octanol–water partition coefficient (Wildman–Crippen LogP) is 3.63. The van der Waals surface area contributed by atoms with Crippen molar-refractivity contribution in [3.63, 3.8) is 0 Å². The second kappa shape index (κ2) is 7.20. The zero-order valence-corrected chi connectivity index (χ0v) is 15.4. The molecule has 2 aromatic rings. The number of rotatable bonds is 5. The summed E-state index contributed by atoms with van der Waals surface area (Å²) in [6.07, 6.45) is 7.63. The molecule has 1 aromatic heterocycles. The first-order valence-corrected chi connectivity index (χ1v) is 9.54. The van der Waals surface area contributed by atoms with E-state index in [1.807, 2.05) is 18.3 Å². The average molecular weight is 350 g/mol. The SMILES string of the molecule is Cc1ccc(C2(C(=O)N3CCC(OCc4cccnc4)CC3)CC2)cc1. The molecule has 4 nitrogen and oxygen atoms in total. The molecule has 2 heterocycles. The number of benzene rings is 1. The van der Waals surface area contributed by atoms with E-state index in [9.17, 15) is 4.79 Å². The lowest BCUT2D eigenvalue weighted by Gasteiger charge is -2.34. The van der Waals surface area contributed by atoms with Crippen molar-refractivity contribution in [3.05, 3.63) is 65.5 Å². The number of nitrogens with zero attached hydrogens (tertiary/aromatic N) is 2. The zero-order chi connectivity index (χ0) is 18.0. The van der Waals surface area contributed by atoms with Gasteiger partial charge in [0.15, 0.2) is 0 Å². The second-order valence-electron chi connectivity index (χ2n) is 7.61. The van der Waals surface area contributed by atoms with Crippen LogP contribution in [0.15, 0.2) is 48.8 Å². The molecule has 4 heteroatoms. The van der Waals surface area contributed by atoms with Crippen LogP contribution in [-0.2, 0) is 21.6 Å². The summed E-state index contributed by atoms with van der Waals surface area (Å²) in [5.74, 6) is 0.312. The number of carbonyl (C=O) groups excluding carboxylic acids is 1. The molecular weight excluding hydrogens is 324 g/mol. The Kier molecular flexibility index (Phi) is 4.77. The summed E-state index contributed by atoms with van der Waals surface area (Å²) in [5.41, 5.74) is 3.27. The molecule has 0 atom stereocenters. The molecule has 0 spiro atoms. The molecule has 1 aliphatic heterocycles. The third kappa shape index (κ3) is 3.51. The van der Waals surface area contributed by atoms with Crippen LogP contribution in [0.4, 0.5) is 0 Å². The van der Waals surface area contributed by atoms with E-state index in [1.165, 1.54) is 11.1 Å². The third-order valence-corrected chi connectivity index (χ3v) is 5.70. The topological polar surface area (TPSA) is 42.4 Å². The number of hydrogen-bond donors (Lipinski definition) is 0. The Bertz CT molecular complexity index is 745. The minimum absolute atomic E-state index is 0.230. The molecule has 1 saturated heterocycles. The fraction of sp³-hybridized carbons (Fsp3) is 0.455. The number of amides is 1. The van der Waals surface area contributed by atoms with Gasteiger partial charge in [0.1, 0.15) is 0 Å². The van der Waals surface area contributed by atoms with Gasteiger partial charge in [-0.2, -0.15) is 0 Å². The summed E-state index contributed by atoms with van der Waals surface area (Å²) in [4.78, 5) is 19.3. The molecule has 4 rings (SSSR count). The summed E-state index contributed by atoms with van der Waals surface area (Å²) in [7, 11) is 0. The normalized spacial score (nSPS) is 19.3. The Balaban J connectivity index is 1.32. The highest BCUT2D eigenvalue weighted by molar-refractivity contribution is 5.91. The van der Waals surface area contributed by atoms with Gasteiger partial charge in [0.25, 0.3) is 0 Å². The van der Waals surface area contributed by atoms with Crippen LogP contribution in [0.5, 0.6) is 0 Å². The van der Waals surface area contributed by atoms with Crippen molar-refractivity contribution in [3.8, 4) is 0 Å². The van der Waals surface area contributed by atoms with Crippen molar-refractivity contribution in [1.29, 1.82) is 0 Å². The minimum atomic E-state index is -0.253. The summed E-state index contributed by atoms with van der Waals surface area (Å²) in [6.45, 7) is 4.27. The Hall–Kier alpha value is -2.20. The molecule has 1 saturated carbocycles. The van der Waals surface area contributed by atoms with Crippen LogP contribution >= 0.6 is 0 Å². The monoisotopic (exact) mass is 350 g/mol. The van der Waals surface area contributed by atoms with Gasteiger partial charge < -0.3 is 9.64 Å². The quantitative estimate of drug-likeness (QED) is 0.827. The number of aromatic nitrogens is 1. The summed E-state index contributed by atoms with van der Waals surface area (Å²) in [5, 5.41) is 0. The standard InChI is InChI=1S/C22H26N2O2/c1-17-4-6-19(7-5-17)22(10-11-22)21(25)24-13-8-20(9-14-24)26-16-18-3-2-12-23-15-18/h2-7,12,15,20H,8-11,13-14,16H2,1H3. The van der Waals surface area contributed by atoms with Crippen LogP contribution in [0, 0.1) is 6.92 Å². The molecule has 0 radical (unpaired) electrons. The van der Waals surface area contributed by atoms with Gasteiger partial charge in [-0.3, -0.25) is 9.78 Å². The van der Waals surface area contributed by atoms with Crippen LogP contribution in [0.2, 0.25) is 0 Å². The Morgan fingerprint density at radius 2 is 1.92 bits per heavy atom. The van der Waals surface area contributed by atoms with E-state index in [4.69, 9.17) is 4.74 Å². The van der Waals surface area contributed by atoms with E-state index in [-0.39, 0.29) is 11.5 Å². The highest BCUT2D eigenvalue weighted by atomic mass is 16.5. The van der Waals surface area contributed by atoms with Crippen LogP contribution in [-0.4, -0.2) is 35.0 Å². The van der Waals surface area contributed by atoms with Gasteiger partial charge in [-0.05, 0) is 49.8 Å². The summed E-state index contributed by atoms with van der Waals surface area (Å²) >= 11 is 0. The molecule has 136 valence electrons. The van der Waals surface area contributed by atoms with E-state index in [2.05, 4.69) is 41.1 Å². The van der Waals surface area contributed by atoms with Crippen molar-refractivity contribution in [2.75, 3.05) is 13.1 Å². The molecule has 1 aliphatic carbocycles. The highest BCUT2D eigenvalue weighted by Gasteiger charge is 2.53. The molecule has 2 fully saturated rings. The van der Waals surface area contributed by atoms with Crippen molar-refractivity contribution in [2.45, 2.75) is 50.7 Å². The molecular formula is C22H26N2O2. The van der Waals surface area contributed by atoms with Crippen LogP contribution in [0.25, 0.3) is 0 Å². The maximum atomic E-state index is 13.1. The molecule has 26 heavy (non-hydrogen) atoms. The summed E-state index contributed by atoms with van der Waals surface area (Å²) < 4.78 is 6.02. The van der Waals surface area contributed by atoms with E-state index in [1.54, 1.807) is 6.20 Å². The fourth-order valence-corrected chi connectivity index (χ4v) is 3.85. The zero-order valence-electron chi connectivity index (χ0n) is 15.4. The minimum Gasteiger partial charge on any atom is -0.373 e. The van der Waals surface area contributed by atoms with Crippen molar-refractivity contribution in [2.24, 2.45) is 0 Å². The smallest absolute Gasteiger partial charge is 0.233 e. The first kappa shape index (κ1) is 17.2. The predicted molar refractivity (Wildman–Crippen MR) is 101 cm³/mol. The number of carbonyl (C=O) groups is 1. The van der Waals surface area contributed by atoms with E-state index in [0.717, 1.165) is 44.3 Å². The molecule has 1 aromatic carbocycles. The first-order chi connectivity index (χ1) is 12.7. The summed E-state index contributed by atoms with van der Waals surface area (Å²) in [6, 6.07) is 12.4. The van der Waals surface area contributed by atoms with Crippen LogP contribution < -0.4 is 0 Å². The number of piperidine rings is 1. The second-order valence-corrected chi connectivity index (χ2v) is 7.61. The van der Waals surface area contributed by atoms with Crippen molar-refractivity contribution < 1.29 is 9.53 Å². The fourth-order valence-electron chi connectivity index (χ4n) is 3.85. The molecule has 1 amide bonds. The average Bonchev–Trinajstić information content (AvgIpc) is 3.49. The molecule has 2 aliphatic rings. The van der Waals surface area contributed by atoms with Gasteiger partial charge in [-0.1, -0.05) is 35.9 Å². The number of hydrogen-bond acceptors (Lipinski definition) is 3. The molecule has 0 bridgehead atoms. The number of aryl methyl sites for hydroxylation is 1. The lowest BCUT2D eigenvalue weighted by molar-refractivity contribution is -0.136. The van der Waals surface area contributed by atoms with E-state index in [0.29, 0.717) is 12.5 Å². The molecule has 0 N–H and O–H groups in total. The van der Waals surface area contributed by atoms with Gasteiger partial charge in [0.05, 0.1) is 18.1 Å². The molecule has 0 unspecified atom stereocenters. The van der Waals surface area contributed by atoms with Crippen LogP contribution in [0.1, 0.15) is 42.4 Å². The third-order valence-electron chi connectivity index (χ3n) is 5.70. The largest absolute Gasteiger partial charge is 0.373 e. The van der Waals surface area contributed by atoms with Gasteiger partial charge in [0.2, 0.25) is 5.91 Å². The van der Waals surface area contributed by atoms with Gasteiger partial charge in [0, 0.05) is 25.5 Å². The van der Waals surface area contributed by atoms with Crippen molar-refractivity contribution >= 4 is 5.91 Å². The van der Waals surface area contributed by atoms with Crippen molar-refractivity contribution in [1.82, 2.24) is 9.88 Å². The maximum Gasteiger partial charge on any atom is 0.233 e. The lowest BCUT2D eigenvalue weighted by Crippen LogP contribution is -2.45. The number of pyridine rings is 1. The Labute approximate surface area is 155 Å². The van der Waals surface area contributed by atoms with Gasteiger partial charge in [-0.25, -0.2) is 0 Å². The number of likely N-dealkylation sites (tertiary alicyclic amines) is 1. The lowest BCUT2D eigenvalue weighted by atomic mass is 9.92. The maximum absolute atomic E-state index is 13.1. The number of ether oxygens (including phenoxy) is 1. The van der Waals surface area contributed by atoms with E-state index >= 15 is 0 Å².